The summed E-state index contributed by atoms with van der Waals surface area (Å²) in [6.45, 7) is 3.82. The van der Waals surface area contributed by atoms with Crippen molar-refractivity contribution in [2.45, 2.75) is 50.7 Å². The first-order valence-electron chi connectivity index (χ1n) is 13.2. The number of carboxylic acids is 1. The number of hydrogen-bond donors (Lipinski definition) is 3. The van der Waals surface area contributed by atoms with Crippen molar-refractivity contribution in [3.63, 3.8) is 0 Å². The van der Waals surface area contributed by atoms with Gasteiger partial charge in [0.25, 0.3) is 5.91 Å². The number of nitrogens with zero attached hydrogens (tertiary/aromatic N) is 2. The van der Waals surface area contributed by atoms with Crippen LogP contribution < -0.4 is 10.6 Å². The van der Waals surface area contributed by atoms with E-state index in [-0.39, 0.29) is 30.5 Å². The van der Waals surface area contributed by atoms with Crippen LogP contribution in [0.1, 0.15) is 48.7 Å². The summed E-state index contributed by atoms with van der Waals surface area (Å²) in [5.41, 5.74) is 1.13. The van der Waals surface area contributed by atoms with Gasteiger partial charge in [-0.15, -0.1) is 0 Å². The molecule has 1 saturated heterocycles. The zero-order chi connectivity index (χ0) is 28.8. The smallest absolute Gasteiger partial charge is 0.305 e. The number of carbonyl (C=O) groups is 5. The molecule has 4 rings (SSSR count). The fourth-order valence-corrected chi connectivity index (χ4v) is 5.10. The van der Waals surface area contributed by atoms with Crippen LogP contribution in [0, 0.1) is 5.92 Å². The van der Waals surface area contributed by atoms with Crippen molar-refractivity contribution in [3.8, 4) is 0 Å². The standard InChI is InChI=1S/C30H32N4O6/c1-18(2)26(33-29(39)27-23-11-7-6-10-20(23)12-13-31-27)30(40)34-16-21(19-8-4-3-5-9-19)14-24(34)28(38)32-22(17-35)15-25(36)37/h3-13,17-18,21-22,24,26H,14-16H2,1-2H3,(H,32,38)(H,33,39)(H,36,37)/t21-,22?,24?,26?/m1/s1. The van der Waals surface area contributed by atoms with Gasteiger partial charge in [0.05, 0.1) is 12.5 Å². The van der Waals surface area contributed by atoms with Crippen LogP contribution >= 0.6 is 0 Å². The van der Waals surface area contributed by atoms with Crippen LogP contribution in [0.4, 0.5) is 0 Å². The van der Waals surface area contributed by atoms with Crippen molar-refractivity contribution >= 4 is 40.7 Å². The van der Waals surface area contributed by atoms with Crippen molar-refractivity contribution in [1.82, 2.24) is 20.5 Å². The van der Waals surface area contributed by atoms with E-state index in [0.717, 1.165) is 10.9 Å². The molecule has 4 atom stereocenters. The van der Waals surface area contributed by atoms with Crippen LogP contribution in [-0.2, 0) is 19.2 Å². The van der Waals surface area contributed by atoms with E-state index in [4.69, 9.17) is 5.11 Å². The number of aliphatic carboxylic acids is 1. The second-order valence-corrected chi connectivity index (χ2v) is 10.3. The average Bonchev–Trinajstić information content (AvgIpc) is 3.40. The predicted molar refractivity (Wildman–Crippen MR) is 147 cm³/mol. The summed E-state index contributed by atoms with van der Waals surface area (Å²) < 4.78 is 0. The van der Waals surface area contributed by atoms with Crippen LogP contribution in [-0.4, -0.2) is 69.6 Å². The molecule has 2 heterocycles. The maximum absolute atomic E-state index is 14.0. The number of nitrogens with one attached hydrogen (secondary N) is 2. The first kappa shape index (κ1) is 28.4. The number of amides is 3. The molecular formula is C30H32N4O6. The molecule has 3 aromatic rings. The first-order valence-corrected chi connectivity index (χ1v) is 13.2. The summed E-state index contributed by atoms with van der Waals surface area (Å²) in [6, 6.07) is 15.4. The van der Waals surface area contributed by atoms with Gasteiger partial charge in [0.2, 0.25) is 11.8 Å². The predicted octanol–water partition coefficient (Wildman–Crippen LogP) is 2.53. The number of pyridine rings is 1. The molecule has 40 heavy (non-hydrogen) atoms. The number of benzene rings is 2. The van der Waals surface area contributed by atoms with Crippen molar-refractivity contribution in [3.05, 3.63) is 78.1 Å². The second-order valence-electron chi connectivity index (χ2n) is 10.3. The van der Waals surface area contributed by atoms with Crippen LogP contribution in [0.15, 0.2) is 66.9 Å². The van der Waals surface area contributed by atoms with E-state index in [9.17, 15) is 24.0 Å². The minimum atomic E-state index is -1.23. The van der Waals surface area contributed by atoms with E-state index >= 15 is 0 Å². The molecule has 0 saturated carbocycles. The Morgan fingerprint density at radius 2 is 1.73 bits per heavy atom. The summed E-state index contributed by atoms with van der Waals surface area (Å²) in [7, 11) is 0. The van der Waals surface area contributed by atoms with E-state index in [1.165, 1.54) is 11.1 Å². The molecule has 208 valence electrons. The van der Waals surface area contributed by atoms with Gasteiger partial charge in [-0.2, -0.15) is 0 Å². The molecule has 1 aliphatic heterocycles. The number of carboxylic acid groups (broad SMARTS) is 1. The van der Waals surface area contributed by atoms with Crippen LogP contribution in [0.3, 0.4) is 0 Å². The number of aromatic nitrogens is 1. The molecule has 0 aliphatic carbocycles. The Morgan fingerprint density at radius 1 is 1.02 bits per heavy atom. The van der Waals surface area contributed by atoms with Gasteiger partial charge in [-0.1, -0.05) is 68.4 Å². The Labute approximate surface area is 231 Å². The molecule has 3 N–H and O–H groups in total. The molecule has 3 amide bonds. The Hall–Kier alpha value is -4.60. The van der Waals surface area contributed by atoms with Gasteiger partial charge in [0.1, 0.15) is 24.1 Å². The molecule has 10 nitrogen and oxygen atoms in total. The molecule has 0 radical (unpaired) electrons. The van der Waals surface area contributed by atoms with E-state index in [1.54, 1.807) is 32.0 Å². The Morgan fingerprint density at radius 3 is 2.40 bits per heavy atom. The minimum Gasteiger partial charge on any atom is -0.481 e. The summed E-state index contributed by atoms with van der Waals surface area (Å²) in [5, 5.41) is 15.9. The minimum absolute atomic E-state index is 0.168. The molecule has 3 unspecified atom stereocenters. The zero-order valence-electron chi connectivity index (χ0n) is 22.3. The maximum atomic E-state index is 14.0. The van der Waals surface area contributed by atoms with Gasteiger partial charge in [-0.3, -0.25) is 24.2 Å². The molecular weight excluding hydrogens is 512 g/mol. The van der Waals surface area contributed by atoms with Gasteiger partial charge < -0.3 is 25.4 Å². The molecule has 1 aliphatic rings. The van der Waals surface area contributed by atoms with Crippen LogP contribution in [0.25, 0.3) is 10.8 Å². The molecule has 0 spiro atoms. The second kappa shape index (κ2) is 12.5. The summed E-state index contributed by atoms with van der Waals surface area (Å²) in [4.78, 5) is 68.9. The van der Waals surface area contributed by atoms with Crippen molar-refractivity contribution < 1.29 is 29.1 Å². The largest absolute Gasteiger partial charge is 0.481 e. The third-order valence-electron chi connectivity index (χ3n) is 7.15. The molecule has 1 aromatic heterocycles. The van der Waals surface area contributed by atoms with Gasteiger partial charge in [-0.05, 0) is 29.4 Å². The lowest BCUT2D eigenvalue weighted by Gasteiger charge is -2.31. The highest BCUT2D eigenvalue weighted by molar-refractivity contribution is 6.06. The number of hydrogen-bond acceptors (Lipinski definition) is 6. The van der Waals surface area contributed by atoms with E-state index in [2.05, 4.69) is 15.6 Å². The Bertz CT molecular complexity index is 1400. The van der Waals surface area contributed by atoms with Gasteiger partial charge in [0.15, 0.2) is 0 Å². The van der Waals surface area contributed by atoms with Crippen molar-refractivity contribution in [2.24, 2.45) is 5.92 Å². The highest BCUT2D eigenvalue weighted by atomic mass is 16.4. The number of aldehydes is 1. The monoisotopic (exact) mass is 544 g/mol. The number of likely N-dealkylation sites (tertiary alicyclic amines) is 1. The van der Waals surface area contributed by atoms with E-state index in [0.29, 0.717) is 11.7 Å². The Balaban J connectivity index is 1.61. The van der Waals surface area contributed by atoms with E-state index in [1.807, 2.05) is 42.5 Å². The SMILES string of the molecule is CC(C)C(NC(=O)c1nccc2ccccc12)C(=O)N1C[C@H](c2ccccc2)CC1C(=O)NC(C=O)CC(=O)O. The lowest BCUT2D eigenvalue weighted by Crippen LogP contribution is -2.56. The van der Waals surface area contributed by atoms with E-state index < -0.39 is 48.2 Å². The lowest BCUT2D eigenvalue weighted by atomic mass is 9.96. The van der Waals surface area contributed by atoms with Gasteiger partial charge in [-0.25, -0.2) is 0 Å². The average molecular weight is 545 g/mol. The molecule has 0 bridgehead atoms. The van der Waals surface area contributed by atoms with Gasteiger partial charge >= 0.3 is 5.97 Å². The molecule has 10 heteroatoms. The number of fused-ring (bicyclic) bond motifs is 1. The third kappa shape index (κ3) is 6.33. The first-order chi connectivity index (χ1) is 19.2. The maximum Gasteiger partial charge on any atom is 0.305 e. The molecule has 1 fully saturated rings. The van der Waals surface area contributed by atoms with Crippen LogP contribution in [0.2, 0.25) is 0 Å². The van der Waals surface area contributed by atoms with Gasteiger partial charge in [0, 0.05) is 24.0 Å². The fraction of sp³-hybridized carbons (Fsp3) is 0.333. The Kier molecular flexibility index (Phi) is 8.88. The highest BCUT2D eigenvalue weighted by Crippen LogP contribution is 2.33. The topological polar surface area (TPSA) is 146 Å². The summed E-state index contributed by atoms with van der Waals surface area (Å²) in [5.74, 6) is -3.29. The van der Waals surface area contributed by atoms with Crippen molar-refractivity contribution in [1.29, 1.82) is 0 Å². The zero-order valence-corrected chi connectivity index (χ0v) is 22.3. The summed E-state index contributed by atoms with van der Waals surface area (Å²) in [6.07, 6.45) is 1.62. The normalized spacial score (nSPS) is 18.2. The molecule has 2 aromatic carbocycles. The number of rotatable bonds is 10. The lowest BCUT2D eigenvalue weighted by molar-refractivity contribution is -0.142. The number of carbonyl (C=O) groups excluding carboxylic acids is 4. The quantitative estimate of drug-likeness (QED) is 0.333. The van der Waals surface area contributed by atoms with Crippen LogP contribution in [0.5, 0.6) is 0 Å². The third-order valence-corrected chi connectivity index (χ3v) is 7.15. The fourth-order valence-electron chi connectivity index (χ4n) is 5.10. The highest BCUT2D eigenvalue weighted by Gasteiger charge is 2.43. The summed E-state index contributed by atoms with van der Waals surface area (Å²) >= 11 is 0. The van der Waals surface area contributed by atoms with Crippen molar-refractivity contribution in [2.75, 3.05) is 6.54 Å².